The average molecular weight is 505 g/mol. The lowest BCUT2D eigenvalue weighted by Gasteiger charge is -2.32. The predicted octanol–water partition coefficient (Wildman–Crippen LogP) is 3.79. The van der Waals surface area contributed by atoms with E-state index in [2.05, 4.69) is 27.6 Å². The molecule has 1 aliphatic rings. The van der Waals surface area contributed by atoms with Crippen molar-refractivity contribution < 1.29 is 14.6 Å². The Hall–Kier alpha value is -2.39. The van der Waals surface area contributed by atoms with Gasteiger partial charge in [0.2, 0.25) is 0 Å². The highest BCUT2D eigenvalue weighted by atomic mass is 127. The van der Waals surface area contributed by atoms with Gasteiger partial charge in [-0.3, -0.25) is 4.79 Å². The number of aliphatic hydroxyl groups is 1. The summed E-state index contributed by atoms with van der Waals surface area (Å²) in [6.07, 6.45) is 0.503. The number of carbonyl (C=O) groups is 1. The second kappa shape index (κ2) is 8.54. The molecule has 1 saturated heterocycles. The van der Waals surface area contributed by atoms with E-state index in [9.17, 15) is 9.90 Å². The Balaban J connectivity index is 2.07. The normalized spacial score (nSPS) is 18.2. The number of hydrogen-bond acceptors (Lipinski definition) is 5. The molecule has 1 fully saturated rings. The number of ether oxygens (including phenoxy) is 1. The lowest BCUT2D eigenvalue weighted by atomic mass is 9.91. The van der Waals surface area contributed by atoms with Crippen molar-refractivity contribution in [3.05, 3.63) is 63.4 Å². The van der Waals surface area contributed by atoms with Gasteiger partial charge >= 0.3 is 0 Å². The number of piperidine rings is 1. The van der Waals surface area contributed by atoms with Crippen LogP contribution < -0.4 is 15.4 Å². The van der Waals surface area contributed by atoms with Crippen LogP contribution in [0.25, 0.3) is 0 Å². The summed E-state index contributed by atoms with van der Waals surface area (Å²) < 4.78 is 6.27. The van der Waals surface area contributed by atoms with E-state index in [1.807, 2.05) is 24.3 Å². The van der Waals surface area contributed by atoms with Crippen LogP contribution in [0.1, 0.15) is 20.3 Å². The van der Waals surface area contributed by atoms with Crippen LogP contribution in [-0.4, -0.2) is 36.0 Å². The largest absolute Gasteiger partial charge is 0.497 e. The third-order valence-corrected chi connectivity index (χ3v) is 5.47. The van der Waals surface area contributed by atoms with Gasteiger partial charge in [-0.05, 0) is 91.4 Å². The van der Waals surface area contributed by atoms with Gasteiger partial charge in [0.05, 0.1) is 18.4 Å². The van der Waals surface area contributed by atoms with Crippen molar-refractivity contribution in [2.75, 3.05) is 18.6 Å². The van der Waals surface area contributed by atoms with Gasteiger partial charge in [-0.15, -0.1) is 0 Å². The third-order valence-electron chi connectivity index (χ3n) is 4.75. The Morgan fingerprint density at radius 2 is 1.79 bits per heavy atom. The number of methoxy groups -OCH3 is 1. The lowest BCUT2D eigenvalue weighted by Crippen LogP contribution is -2.45. The van der Waals surface area contributed by atoms with E-state index >= 15 is 0 Å². The molecule has 0 spiro atoms. The fourth-order valence-corrected chi connectivity index (χ4v) is 3.46. The van der Waals surface area contributed by atoms with Crippen molar-refractivity contribution in [1.29, 1.82) is 0 Å². The van der Waals surface area contributed by atoms with Crippen LogP contribution >= 0.6 is 22.6 Å². The zero-order chi connectivity index (χ0) is 21.2. The maximum Gasteiger partial charge on any atom is 0.277 e. The molecular weight excluding hydrogens is 481 g/mol. The van der Waals surface area contributed by atoms with Gasteiger partial charge in [0.1, 0.15) is 11.5 Å². The third kappa shape index (κ3) is 4.79. The minimum Gasteiger partial charge on any atom is -0.497 e. The van der Waals surface area contributed by atoms with E-state index in [0.29, 0.717) is 30.0 Å². The van der Waals surface area contributed by atoms with Gasteiger partial charge in [-0.2, -0.15) is 0 Å². The fourth-order valence-electron chi connectivity index (χ4n) is 3.10. The van der Waals surface area contributed by atoms with E-state index in [0.717, 1.165) is 9.26 Å². The van der Waals surface area contributed by atoms with Gasteiger partial charge in [-0.25, -0.2) is 4.99 Å². The lowest BCUT2D eigenvalue weighted by molar-refractivity contribution is -0.112. The summed E-state index contributed by atoms with van der Waals surface area (Å²) in [5.74, 6) is 0.465. The molecule has 3 rings (SSSR count). The van der Waals surface area contributed by atoms with Crippen LogP contribution in [0, 0.1) is 3.57 Å². The monoisotopic (exact) mass is 505 g/mol. The van der Waals surface area contributed by atoms with Gasteiger partial charge in [0, 0.05) is 27.1 Å². The Morgan fingerprint density at radius 1 is 1.17 bits per heavy atom. The molecule has 0 radical (unpaired) electrons. The van der Waals surface area contributed by atoms with E-state index in [-0.39, 0.29) is 17.3 Å². The number of halogens is 1. The van der Waals surface area contributed by atoms with Crippen LogP contribution in [0.5, 0.6) is 5.75 Å². The molecule has 2 aromatic rings. The molecule has 0 aliphatic carbocycles. The zero-order valence-electron chi connectivity index (χ0n) is 16.6. The summed E-state index contributed by atoms with van der Waals surface area (Å²) in [7, 11) is 1.59. The number of rotatable bonds is 4. The van der Waals surface area contributed by atoms with E-state index < -0.39 is 5.60 Å². The SMILES string of the molecule is COc1ccc(N=C2C(=O)N(c3ccc(I)cc3)CCC2=C(N)C(C)(C)O)cc1. The molecule has 3 N–H and O–H groups in total. The Labute approximate surface area is 184 Å². The molecule has 6 nitrogen and oxygen atoms in total. The second-order valence-corrected chi connectivity index (χ2v) is 8.54. The molecule has 2 aromatic carbocycles. The van der Waals surface area contributed by atoms with Crippen molar-refractivity contribution >= 4 is 45.6 Å². The molecule has 1 aliphatic heterocycles. The van der Waals surface area contributed by atoms with Crippen LogP contribution in [0.2, 0.25) is 0 Å². The van der Waals surface area contributed by atoms with Crippen molar-refractivity contribution in [1.82, 2.24) is 0 Å². The van der Waals surface area contributed by atoms with Gasteiger partial charge in [-0.1, -0.05) is 0 Å². The number of benzene rings is 2. The van der Waals surface area contributed by atoms with Crippen LogP contribution in [0.3, 0.4) is 0 Å². The molecule has 0 atom stereocenters. The second-order valence-electron chi connectivity index (χ2n) is 7.29. The molecule has 0 unspecified atom stereocenters. The molecule has 7 heteroatoms. The van der Waals surface area contributed by atoms with Crippen molar-refractivity contribution in [2.24, 2.45) is 10.7 Å². The Morgan fingerprint density at radius 3 is 2.34 bits per heavy atom. The van der Waals surface area contributed by atoms with E-state index in [4.69, 9.17) is 10.5 Å². The zero-order valence-corrected chi connectivity index (χ0v) is 18.8. The van der Waals surface area contributed by atoms with Crippen LogP contribution in [0.15, 0.2) is 64.8 Å². The average Bonchev–Trinajstić information content (AvgIpc) is 2.69. The number of aliphatic imine (C=N–C) groups is 1. The molecule has 1 amide bonds. The smallest absolute Gasteiger partial charge is 0.277 e. The quantitative estimate of drug-likeness (QED) is 0.620. The first-order chi connectivity index (χ1) is 13.7. The number of anilines is 1. The molecule has 29 heavy (non-hydrogen) atoms. The van der Waals surface area contributed by atoms with Crippen molar-refractivity contribution in [3.8, 4) is 5.75 Å². The summed E-state index contributed by atoms with van der Waals surface area (Å²) in [4.78, 5) is 19.7. The molecular formula is C22H24IN3O3. The summed E-state index contributed by atoms with van der Waals surface area (Å²) in [5.41, 5.74) is 7.50. The van der Waals surface area contributed by atoms with Crippen molar-refractivity contribution in [2.45, 2.75) is 25.9 Å². The summed E-state index contributed by atoms with van der Waals surface area (Å²) >= 11 is 2.23. The summed E-state index contributed by atoms with van der Waals surface area (Å²) in [5, 5.41) is 10.4. The maximum absolute atomic E-state index is 13.4. The maximum atomic E-state index is 13.4. The first kappa shape index (κ1) is 21.3. The van der Waals surface area contributed by atoms with Gasteiger partial charge < -0.3 is 20.5 Å². The molecule has 0 bridgehead atoms. The first-order valence-electron chi connectivity index (χ1n) is 9.22. The molecule has 1 heterocycles. The number of nitrogens with two attached hydrogens (primary N) is 1. The number of hydrogen-bond donors (Lipinski definition) is 2. The highest BCUT2D eigenvalue weighted by Crippen LogP contribution is 2.29. The number of carbonyl (C=O) groups excluding carboxylic acids is 1. The predicted molar refractivity (Wildman–Crippen MR) is 124 cm³/mol. The number of amides is 1. The highest BCUT2D eigenvalue weighted by molar-refractivity contribution is 14.1. The van der Waals surface area contributed by atoms with Crippen molar-refractivity contribution in [3.63, 3.8) is 0 Å². The fraction of sp³-hybridized carbons (Fsp3) is 0.273. The van der Waals surface area contributed by atoms with Crippen LogP contribution in [0.4, 0.5) is 11.4 Å². The van der Waals surface area contributed by atoms with E-state index in [1.54, 1.807) is 50.1 Å². The minimum atomic E-state index is -1.25. The molecule has 0 saturated carbocycles. The van der Waals surface area contributed by atoms with Gasteiger partial charge in [0.25, 0.3) is 5.91 Å². The standard InChI is InChI=1S/C22H24IN3O3/c1-22(2,28)20(24)18-12-13-26(16-8-4-14(23)5-9-16)21(27)19(18)25-15-6-10-17(29-3)11-7-15/h4-11,28H,12-13,24H2,1-3H3. The Kier molecular flexibility index (Phi) is 6.28. The molecule has 0 aromatic heterocycles. The highest BCUT2D eigenvalue weighted by Gasteiger charge is 2.34. The first-order valence-corrected chi connectivity index (χ1v) is 10.3. The minimum absolute atomic E-state index is 0.240. The summed E-state index contributed by atoms with van der Waals surface area (Å²) in [6.45, 7) is 3.68. The van der Waals surface area contributed by atoms with Crippen LogP contribution in [-0.2, 0) is 4.79 Å². The van der Waals surface area contributed by atoms with E-state index in [1.165, 1.54) is 0 Å². The Bertz CT molecular complexity index is 958. The summed E-state index contributed by atoms with van der Waals surface area (Å²) in [6, 6.07) is 14.9. The van der Waals surface area contributed by atoms with Gasteiger partial charge in [0.15, 0.2) is 0 Å². The molecule has 152 valence electrons. The topological polar surface area (TPSA) is 88.2 Å². The number of nitrogens with zero attached hydrogens (tertiary/aromatic N) is 2.